The average molecular weight is 589 g/mol. The van der Waals surface area contributed by atoms with Crippen LogP contribution in [-0.2, 0) is 38.5 Å². The van der Waals surface area contributed by atoms with E-state index in [1.807, 2.05) is 13.8 Å². The maximum atomic E-state index is 6.89. The van der Waals surface area contributed by atoms with Crippen molar-refractivity contribution in [2.24, 2.45) is 47.3 Å². The van der Waals surface area contributed by atoms with Crippen LogP contribution in [0.2, 0.25) is 0 Å². The summed E-state index contributed by atoms with van der Waals surface area (Å²) in [6.07, 6.45) is 9.19. The van der Waals surface area contributed by atoms with Gasteiger partial charge in [0.2, 0.25) is 11.6 Å². The second-order valence-corrected chi connectivity index (χ2v) is 16.0. The molecule has 8 heteroatoms. The standard InChI is InChI=1S/C34H52O8/c1-18(16-27-21(4)25-10-8-19(2)23-12-14-31(6)37-29(35-27)33(23,25)41-39-31)17-28-22(5)26-11-9-20(3)24-13-15-32(7)38-30(36-28)34(24,26)42-40-32/h19-30H,1,8-17H2,2-7H3/t19-,20-,21-,22-,23+,24+,25+,26+,27-,28-,29-,30-,31-,32-,33-,34-/m1/s1. The van der Waals surface area contributed by atoms with Crippen LogP contribution >= 0.6 is 0 Å². The summed E-state index contributed by atoms with van der Waals surface area (Å²) in [5, 5.41) is 0. The highest BCUT2D eigenvalue weighted by molar-refractivity contribution is 5.14. The van der Waals surface area contributed by atoms with Crippen molar-refractivity contribution in [3.05, 3.63) is 12.2 Å². The van der Waals surface area contributed by atoms with Crippen LogP contribution in [0.5, 0.6) is 0 Å². The van der Waals surface area contributed by atoms with Gasteiger partial charge >= 0.3 is 0 Å². The van der Waals surface area contributed by atoms with Crippen LogP contribution in [0.25, 0.3) is 0 Å². The molecule has 8 saturated heterocycles. The Labute approximate surface area is 251 Å². The van der Waals surface area contributed by atoms with Crippen molar-refractivity contribution in [2.75, 3.05) is 0 Å². The van der Waals surface area contributed by atoms with Crippen LogP contribution < -0.4 is 0 Å². The minimum atomic E-state index is -0.753. The van der Waals surface area contributed by atoms with Crippen LogP contribution in [0.15, 0.2) is 12.2 Å². The predicted molar refractivity (Wildman–Crippen MR) is 152 cm³/mol. The molecule has 8 aliphatic heterocycles. The largest absolute Gasteiger partial charge is 0.346 e. The van der Waals surface area contributed by atoms with E-state index in [4.69, 9.17) is 38.5 Å². The molecular weight excluding hydrogens is 536 g/mol. The lowest BCUT2D eigenvalue weighted by Gasteiger charge is -2.61. The van der Waals surface area contributed by atoms with Gasteiger partial charge < -0.3 is 18.9 Å². The van der Waals surface area contributed by atoms with Crippen LogP contribution in [0.4, 0.5) is 0 Å². The summed E-state index contributed by atoms with van der Waals surface area (Å²) in [6, 6.07) is 0. The van der Waals surface area contributed by atoms with Gasteiger partial charge in [0.15, 0.2) is 23.8 Å². The zero-order valence-corrected chi connectivity index (χ0v) is 26.5. The molecule has 2 saturated carbocycles. The van der Waals surface area contributed by atoms with Crippen molar-refractivity contribution in [1.82, 2.24) is 0 Å². The molecule has 0 unspecified atom stereocenters. The lowest BCUT2D eigenvalue weighted by molar-refractivity contribution is -0.571. The van der Waals surface area contributed by atoms with E-state index in [0.717, 1.165) is 51.4 Å². The quantitative estimate of drug-likeness (QED) is 0.262. The SMILES string of the molecule is C=C(C[C@H]1O[C@@H]2O[C@@]3(C)CC[C@H]4[C@H](C)CC[C@@H]([C@H]1C)[C@@]24OO3)C[C@H]1O[C@@H]2O[C@@]3(C)CC[C@H]4[C@H](C)CC[C@@H]([C@H]1C)[C@@]24OO3. The van der Waals surface area contributed by atoms with E-state index < -0.39 is 35.4 Å². The molecular formula is C34H52O8. The minimum Gasteiger partial charge on any atom is -0.346 e. The van der Waals surface area contributed by atoms with Crippen LogP contribution in [0.3, 0.4) is 0 Å². The van der Waals surface area contributed by atoms with Crippen molar-refractivity contribution >= 4 is 0 Å². The zero-order chi connectivity index (χ0) is 29.2. The van der Waals surface area contributed by atoms with Crippen molar-refractivity contribution in [3.8, 4) is 0 Å². The summed E-state index contributed by atoms with van der Waals surface area (Å²) in [5.74, 6) is 1.66. The van der Waals surface area contributed by atoms with Gasteiger partial charge in [-0.15, -0.1) is 0 Å². The molecule has 2 aliphatic carbocycles. The van der Waals surface area contributed by atoms with Gasteiger partial charge in [0.05, 0.1) is 12.2 Å². The fourth-order valence-electron chi connectivity index (χ4n) is 11.1. The molecule has 0 radical (unpaired) electrons. The van der Waals surface area contributed by atoms with Crippen molar-refractivity contribution in [2.45, 2.75) is 153 Å². The molecule has 236 valence electrons. The van der Waals surface area contributed by atoms with Crippen molar-refractivity contribution < 1.29 is 38.5 Å². The fourth-order valence-corrected chi connectivity index (χ4v) is 11.1. The van der Waals surface area contributed by atoms with Crippen LogP contribution in [-0.4, -0.2) is 47.6 Å². The molecule has 8 heterocycles. The van der Waals surface area contributed by atoms with E-state index in [1.54, 1.807) is 0 Å². The van der Waals surface area contributed by atoms with E-state index >= 15 is 0 Å². The zero-order valence-electron chi connectivity index (χ0n) is 26.5. The minimum absolute atomic E-state index is 0.0182. The number of ether oxygens (including phenoxy) is 4. The summed E-state index contributed by atoms with van der Waals surface area (Å²) in [4.78, 5) is 24.7. The second kappa shape index (κ2) is 9.71. The third-order valence-electron chi connectivity index (χ3n) is 13.6. The first-order valence-corrected chi connectivity index (χ1v) is 17.0. The Morgan fingerprint density at radius 1 is 0.595 bits per heavy atom. The Kier molecular flexibility index (Phi) is 6.67. The number of fused-ring (bicyclic) bond motifs is 4. The summed E-state index contributed by atoms with van der Waals surface area (Å²) < 4.78 is 27.0. The molecule has 8 nitrogen and oxygen atoms in total. The molecule has 4 bridgehead atoms. The molecule has 10 fully saturated rings. The van der Waals surface area contributed by atoms with E-state index in [9.17, 15) is 0 Å². The van der Waals surface area contributed by atoms with Gasteiger partial charge in [0.25, 0.3) is 0 Å². The molecule has 0 aromatic rings. The van der Waals surface area contributed by atoms with Gasteiger partial charge in [0.1, 0.15) is 0 Å². The topological polar surface area (TPSA) is 73.8 Å². The highest BCUT2D eigenvalue weighted by atomic mass is 17.3. The van der Waals surface area contributed by atoms with E-state index in [1.165, 1.54) is 18.4 Å². The van der Waals surface area contributed by atoms with E-state index in [-0.39, 0.29) is 12.2 Å². The molecule has 0 amide bonds. The lowest BCUT2D eigenvalue weighted by atomic mass is 9.57. The Bertz CT molecular complexity index is 1020. The molecule has 0 N–H and O–H groups in total. The Morgan fingerprint density at radius 2 is 1.02 bits per heavy atom. The third kappa shape index (κ3) is 3.95. The number of hydrogen-bond acceptors (Lipinski definition) is 8. The Morgan fingerprint density at radius 3 is 1.45 bits per heavy atom. The summed E-state index contributed by atoms with van der Waals surface area (Å²) in [7, 11) is 0. The van der Waals surface area contributed by atoms with Gasteiger partial charge in [0, 0.05) is 24.7 Å². The number of rotatable bonds is 4. The molecule has 2 spiro atoms. The lowest BCUT2D eigenvalue weighted by Crippen LogP contribution is -2.70. The summed E-state index contributed by atoms with van der Waals surface area (Å²) in [5.41, 5.74) is 0.119. The van der Waals surface area contributed by atoms with Gasteiger partial charge in [-0.2, -0.15) is 0 Å². The second-order valence-electron chi connectivity index (χ2n) is 16.0. The Balaban J connectivity index is 1.01. The summed E-state index contributed by atoms with van der Waals surface area (Å²) in [6.45, 7) is 18.0. The summed E-state index contributed by atoms with van der Waals surface area (Å²) >= 11 is 0. The molecule has 16 atom stereocenters. The third-order valence-corrected chi connectivity index (χ3v) is 13.6. The maximum absolute atomic E-state index is 6.89. The monoisotopic (exact) mass is 588 g/mol. The highest BCUT2D eigenvalue weighted by Crippen LogP contribution is 2.63. The molecule has 10 rings (SSSR count). The smallest absolute Gasteiger partial charge is 0.201 e. The molecule has 42 heavy (non-hydrogen) atoms. The first kappa shape index (κ1) is 28.9. The van der Waals surface area contributed by atoms with E-state index in [0.29, 0.717) is 47.3 Å². The van der Waals surface area contributed by atoms with Gasteiger partial charge in [-0.1, -0.05) is 39.8 Å². The van der Waals surface area contributed by atoms with Crippen molar-refractivity contribution in [3.63, 3.8) is 0 Å². The van der Waals surface area contributed by atoms with Gasteiger partial charge in [-0.3, -0.25) is 0 Å². The number of hydrogen-bond donors (Lipinski definition) is 0. The first-order valence-electron chi connectivity index (χ1n) is 17.0. The Hall–Kier alpha value is -0.580. The van der Waals surface area contributed by atoms with Gasteiger partial charge in [-0.25, -0.2) is 19.6 Å². The molecule has 10 aliphatic rings. The highest BCUT2D eigenvalue weighted by Gasteiger charge is 2.71. The normalized spacial score (nSPS) is 59.8. The molecule has 0 aromatic carbocycles. The first-order chi connectivity index (χ1) is 20.0. The average Bonchev–Trinajstić information content (AvgIpc) is 3.32. The van der Waals surface area contributed by atoms with Crippen LogP contribution in [0, 0.1) is 47.3 Å². The van der Waals surface area contributed by atoms with Crippen LogP contribution in [0.1, 0.15) is 106 Å². The van der Waals surface area contributed by atoms with Crippen molar-refractivity contribution in [1.29, 1.82) is 0 Å². The fraction of sp³-hybridized carbons (Fsp3) is 0.941. The van der Waals surface area contributed by atoms with E-state index in [2.05, 4.69) is 34.3 Å². The predicted octanol–water partition coefficient (Wildman–Crippen LogP) is 6.82. The molecule has 0 aromatic heterocycles. The van der Waals surface area contributed by atoms with Gasteiger partial charge in [-0.05, 0) is 101 Å². The maximum Gasteiger partial charge on any atom is 0.201 e.